The van der Waals surface area contributed by atoms with E-state index >= 15 is 0 Å². The highest BCUT2D eigenvalue weighted by atomic mass is 19.2. The molecule has 0 saturated heterocycles. The number of hydrogen-bond donors (Lipinski definition) is 0. The van der Waals surface area contributed by atoms with Gasteiger partial charge in [-0.2, -0.15) is 13.8 Å². The molecule has 0 amide bonds. The molecule has 0 aliphatic heterocycles. The smallest absolute Gasteiger partial charge is 0.201 e. The molecule has 0 N–H and O–H groups in total. The third-order valence-electron chi connectivity index (χ3n) is 4.26. The normalized spacial score (nSPS) is 12.6. The molecule has 2 aromatic rings. The van der Waals surface area contributed by atoms with Crippen LogP contribution in [0.25, 0.3) is 11.1 Å². The lowest BCUT2D eigenvalue weighted by molar-refractivity contribution is 0.410. The average molecular weight is 353 g/mol. The lowest BCUT2D eigenvalue weighted by Crippen LogP contribution is -2.19. The van der Waals surface area contributed by atoms with Gasteiger partial charge in [-0.15, -0.1) is 0 Å². The van der Waals surface area contributed by atoms with Crippen LogP contribution < -0.4 is 0 Å². The lowest BCUT2D eigenvalue weighted by Gasteiger charge is -2.29. The Balaban J connectivity index is 2.98. The van der Waals surface area contributed by atoms with Crippen molar-refractivity contribution in [1.82, 2.24) is 4.98 Å². The Morgan fingerprint density at radius 3 is 1.60 bits per heavy atom. The van der Waals surface area contributed by atoms with Gasteiger partial charge in [0.25, 0.3) is 11.9 Å². The molecular weight excluding hydrogens is 330 g/mol. The quantitative estimate of drug-likeness (QED) is 0.439. The van der Waals surface area contributed by atoms with Crippen molar-refractivity contribution in [2.45, 2.75) is 59.3 Å². The van der Waals surface area contributed by atoms with Gasteiger partial charge < -0.3 is 0 Å². The van der Waals surface area contributed by atoms with Crippen molar-refractivity contribution in [2.75, 3.05) is 0 Å². The molecule has 0 unspecified atom stereocenters. The van der Waals surface area contributed by atoms with Gasteiger partial charge in [-0.1, -0.05) is 53.7 Å². The molecule has 25 heavy (non-hydrogen) atoms. The molecule has 0 aliphatic rings. The summed E-state index contributed by atoms with van der Waals surface area (Å²) in [7, 11) is 0. The van der Waals surface area contributed by atoms with Gasteiger partial charge in [-0.3, -0.25) is 0 Å². The Morgan fingerprint density at radius 1 is 0.720 bits per heavy atom. The SMILES string of the molecule is Cc1cc(C(C)(C)C)cc(C(C)(C)C)c1-c1c(F)c(F)nc(F)c1F. The molecule has 1 aromatic carbocycles. The minimum Gasteiger partial charge on any atom is -0.201 e. The van der Waals surface area contributed by atoms with Gasteiger partial charge in [0.05, 0.1) is 5.56 Å². The maximum atomic E-state index is 14.4. The van der Waals surface area contributed by atoms with Crippen LogP contribution in [-0.2, 0) is 10.8 Å². The van der Waals surface area contributed by atoms with E-state index in [0.29, 0.717) is 11.1 Å². The third kappa shape index (κ3) is 3.55. The first-order chi connectivity index (χ1) is 11.2. The summed E-state index contributed by atoms with van der Waals surface area (Å²) in [6, 6.07) is 3.66. The first-order valence-electron chi connectivity index (χ1n) is 8.11. The third-order valence-corrected chi connectivity index (χ3v) is 4.26. The van der Waals surface area contributed by atoms with Crippen LogP contribution in [0.2, 0.25) is 0 Å². The number of benzene rings is 1. The van der Waals surface area contributed by atoms with Crippen molar-refractivity contribution in [3.8, 4) is 11.1 Å². The number of hydrogen-bond acceptors (Lipinski definition) is 1. The fourth-order valence-electron chi connectivity index (χ4n) is 2.85. The molecule has 136 valence electrons. The largest absolute Gasteiger partial charge is 0.252 e. The highest BCUT2D eigenvalue weighted by molar-refractivity contribution is 5.74. The predicted octanol–water partition coefficient (Wildman–Crippen LogP) is 6.21. The summed E-state index contributed by atoms with van der Waals surface area (Å²) in [5, 5.41) is 0. The van der Waals surface area contributed by atoms with E-state index in [1.54, 1.807) is 13.0 Å². The molecule has 1 nitrogen and oxygen atoms in total. The van der Waals surface area contributed by atoms with Crippen LogP contribution in [-0.4, -0.2) is 4.98 Å². The first kappa shape index (κ1) is 19.4. The average Bonchev–Trinajstić information content (AvgIpc) is 2.44. The van der Waals surface area contributed by atoms with E-state index in [9.17, 15) is 17.6 Å². The highest BCUT2D eigenvalue weighted by Crippen LogP contribution is 2.41. The van der Waals surface area contributed by atoms with Crippen LogP contribution >= 0.6 is 0 Å². The van der Waals surface area contributed by atoms with Crippen molar-refractivity contribution >= 4 is 0 Å². The zero-order valence-electron chi connectivity index (χ0n) is 15.6. The van der Waals surface area contributed by atoms with E-state index in [-0.39, 0.29) is 11.0 Å². The van der Waals surface area contributed by atoms with Crippen LogP contribution in [0.4, 0.5) is 17.6 Å². The fourth-order valence-corrected chi connectivity index (χ4v) is 2.85. The predicted molar refractivity (Wildman–Crippen MR) is 91.6 cm³/mol. The molecule has 1 heterocycles. The number of aryl methyl sites for hydroxylation is 1. The molecule has 1 aromatic heterocycles. The van der Waals surface area contributed by atoms with Crippen molar-refractivity contribution < 1.29 is 17.6 Å². The summed E-state index contributed by atoms with van der Waals surface area (Å²) in [4.78, 5) is 2.65. The Bertz CT molecular complexity index is 801. The van der Waals surface area contributed by atoms with Gasteiger partial charge >= 0.3 is 0 Å². The maximum absolute atomic E-state index is 14.4. The molecule has 0 saturated carbocycles. The van der Waals surface area contributed by atoms with Gasteiger partial charge in [0.2, 0.25) is 0 Å². The molecule has 5 heteroatoms. The van der Waals surface area contributed by atoms with E-state index < -0.39 is 34.5 Å². The molecule has 0 fully saturated rings. The van der Waals surface area contributed by atoms with E-state index in [1.807, 2.05) is 47.6 Å². The number of rotatable bonds is 1. The second-order valence-corrected chi connectivity index (χ2v) is 8.41. The van der Waals surface area contributed by atoms with E-state index in [4.69, 9.17) is 0 Å². The summed E-state index contributed by atoms with van der Waals surface area (Å²) >= 11 is 0. The number of aromatic nitrogens is 1. The number of pyridine rings is 1. The topological polar surface area (TPSA) is 12.9 Å². The standard InChI is InChI=1S/C20H23F4N/c1-10-8-11(19(2,3)4)9-12(20(5,6)7)13(10)14-15(21)17(23)25-18(24)16(14)22/h8-9H,1-7H3. The minimum absolute atomic E-state index is 0.177. The van der Waals surface area contributed by atoms with E-state index in [2.05, 4.69) is 4.98 Å². The van der Waals surface area contributed by atoms with Gasteiger partial charge in [0.15, 0.2) is 11.6 Å². The van der Waals surface area contributed by atoms with Crippen LogP contribution in [0, 0.1) is 30.5 Å². The Labute approximate surface area is 146 Å². The molecule has 2 rings (SSSR count). The van der Waals surface area contributed by atoms with Gasteiger partial charge in [0.1, 0.15) is 0 Å². The van der Waals surface area contributed by atoms with Crippen LogP contribution in [0.3, 0.4) is 0 Å². The van der Waals surface area contributed by atoms with Crippen molar-refractivity contribution in [2.24, 2.45) is 0 Å². The molecule has 0 aliphatic carbocycles. The van der Waals surface area contributed by atoms with Gasteiger partial charge in [0, 0.05) is 0 Å². The Kier molecular flexibility index (Phi) is 4.75. The van der Waals surface area contributed by atoms with Gasteiger partial charge in [-0.25, -0.2) is 8.78 Å². The van der Waals surface area contributed by atoms with Gasteiger partial charge in [-0.05, 0) is 40.0 Å². The molecule has 0 radical (unpaired) electrons. The molecular formula is C20H23F4N. The van der Waals surface area contributed by atoms with E-state index in [0.717, 1.165) is 5.56 Å². The van der Waals surface area contributed by atoms with Crippen molar-refractivity contribution in [1.29, 1.82) is 0 Å². The maximum Gasteiger partial charge on any atom is 0.252 e. The monoisotopic (exact) mass is 353 g/mol. The summed E-state index contributed by atoms with van der Waals surface area (Å²) in [5.74, 6) is -6.24. The van der Waals surface area contributed by atoms with Crippen molar-refractivity contribution in [3.63, 3.8) is 0 Å². The lowest BCUT2D eigenvalue weighted by atomic mass is 9.75. The second kappa shape index (κ2) is 6.11. The first-order valence-corrected chi connectivity index (χ1v) is 8.11. The minimum atomic E-state index is -1.65. The summed E-state index contributed by atoms with van der Waals surface area (Å²) in [6.07, 6.45) is 0. The summed E-state index contributed by atoms with van der Waals surface area (Å²) < 4.78 is 56.0. The zero-order valence-corrected chi connectivity index (χ0v) is 15.6. The fraction of sp³-hybridized carbons (Fsp3) is 0.450. The zero-order chi connectivity index (χ0) is 19.3. The summed E-state index contributed by atoms with van der Waals surface area (Å²) in [5.41, 5.74) is 0.962. The Hall–Kier alpha value is -1.91. The summed E-state index contributed by atoms with van der Waals surface area (Å²) in [6.45, 7) is 13.4. The van der Waals surface area contributed by atoms with E-state index in [1.165, 1.54) is 0 Å². The van der Waals surface area contributed by atoms with Crippen molar-refractivity contribution in [3.05, 3.63) is 52.4 Å². The molecule has 0 bridgehead atoms. The van der Waals surface area contributed by atoms with Crippen LogP contribution in [0.5, 0.6) is 0 Å². The molecule has 0 spiro atoms. The van der Waals surface area contributed by atoms with Crippen LogP contribution in [0.1, 0.15) is 58.2 Å². The second-order valence-electron chi connectivity index (χ2n) is 8.41. The highest BCUT2D eigenvalue weighted by Gasteiger charge is 2.30. The number of halogens is 4. The molecule has 0 atom stereocenters. The van der Waals surface area contributed by atoms with Crippen LogP contribution in [0.15, 0.2) is 12.1 Å². The Morgan fingerprint density at radius 2 is 1.20 bits per heavy atom. The number of nitrogens with zero attached hydrogens (tertiary/aromatic N) is 1.